The van der Waals surface area contributed by atoms with Crippen molar-refractivity contribution in [1.82, 2.24) is 4.98 Å². The quantitative estimate of drug-likeness (QED) is 0.832. The molecule has 0 spiro atoms. The van der Waals surface area contributed by atoms with Crippen molar-refractivity contribution >= 4 is 11.3 Å². The smallest absolute Gasteiger partial charge is 0.0932 e. The molecule has 2 nitrogen and oxygen atoms in total. The van der Waals surface area contributed by atoms with Crippen LogP contribution in [0.15, 0.2) is 23.6 Å². The van der Waals surface area contributed by atoms with Gasteiger partial charge in [-0.2, -0.15) is 0 Å². The predicted molar refractivity (Wildman–Crippen MR) is 79.0 cm³/mol. The molecule has 2 aromatic rings. The summed E-state index contributed by atoms with van der Waals surface area (Å²) in [7, 11) is 0. The second kappa shape index (κ2) is 6.12. The summed E-state index contributed by atoms with van der Waals surface area (Å²) in [5, 5.41) is 3.39. The van der Waals surface area contributed by atoms with Gasteiger partial charge in [0.1, 0.15) is 0 Å². The number of aromatic nitrogens is 1. The van der Waals surface area contributed by atoms with E-state index in [2.05, 4.69) is 37.4 Å². The Labute approximate surface area is 113 Å². The molecule has 2 N–H and O–H groups in total. The highest BCUT2D eigenvalue weighted by molar-refractivity contribution is 7.09. The highest BCUT2D eigenvalue weighted by Gasteiger charge is 2.07. The molecule has 3 heteroatoms. The molecule has 0 unspecified atom stereocenters. The molecule has 0 aliphatic heterocycles. The Hall–Kier alpha value is -1.19. The summed E-state index contributed by atoms with van der Waals surface area (Å²) in [6.07, 6.45) is 3.27. The van der Waals surface area contributed by atoms with Gasteiger partial charge in [0.15, 0.2) is 0 Å². The van der Waals surface area contributed by atoms with Crippen LogP contribution in [-0.4, -0.2) is 11.5 Å². The topological polar surface area (TPSA) is 38.9 Å². The van der Waals surface area contributed by atoms with E-state index >= 15 is 0 Å². The summed E-state index contributed by atoms with van der Waals surface area (Å²) >= 11 is 1.76. The van der Waals surface area contributed by atoms with Crippen LogP contribution in [0.5, 0.6) is 0 Å². The monoisotopic (exact) mass is 260 g/mol. The van der Waals surface area contributed by atoms with Crippen molar-refractivity contribution in [2.75, 3.05) is 6.54 Å². The molecule has 2 rings (SSSR count). The minimum Gasteiger partial charge on any atom is -0.330 e. The Bertz CT molecular complexity index is 517. The van der Waals surface area contributed by atoms with Gasteiger partial charge in [0.25, 0.3) is 0 Å². The first-order chi connectivity index (χ1) is 8.70. The van der Waals surface area contributed by atoms with Crippen LogP contribution in [0.3, 0.4) is 0 Å². The molecular formula is C15H20N2S. The maximum Gasteiger partial charge on any atom is 0.0932 e. The molecule has 0 fully saturated rings. The number of benzene rings is 1. The van der Waals surface area contributed by atoms with E-state index in [0.717, 1.165) is 31.5 Å². The molecule has 0 radical (unpaired) electrons. The maximum atomic E-state index is 5.51. The molecule has 0 saturated carbocycles. The van der Waals surface area contributed by atoms with Gasteiger partial charge in [-0.05, 0) is 51.3 Å². The van der Waals surface area contributed by atoms with Crippen molar-refractivity contribution in [1.29, 1.82) is 0 Å². The van der Waals surface area contributed by atoms with Gasteiger partial charge in [-0.15, -0.1) is 11.3 Å². The molecule has 0 bridgehead atoms. The summed E-state index contributed by atoms with van der Waals surface area (Å²) in [6, 6.07) is 6.53. The lowest BCUT2D eigenvalue weighted by Gasteiger charge is -2.03. The fourth-order valence-electron chi connectivity index (χ4n) is 1.98. The van der Waals surface area contributed by atoms with Gasteiger partial charge >= 0.3 is 0 Å². The van der Waals surface area contributed by atoms with Crippen LogP contribution in [0.2, 0.25) is 0 Å². The summed E-state index contributed by atoms with van der Waals surface area (Å²) in [6.45, 7) is 5.04. The zero-order valence-corrected chi connectivity index (χ0v) is 11.9. The van der Waals surface area contributed by atoms with Crippen molar-refractivity contribution in [3.63, 3.8) is 0 Å². The Morgan fingerprint density at radius 3 is 2.83 bits per heavy atom. The van der Waals surface area contributed by atoms with Crippen molar-refractivity contribution < 1.29 is 0 Å². The van der Waals surface area contributed by atoms with Crippen LogP contribution in [0.4, 0.5) is 0 Å². The molecule has 0 atom stereocenters. The minimum absolute atomic E-state index is 0.773. The molecule has 1 aromatic heterocycles. The Balaban J connectivity index is 2.16. The van der Waals surface area contributed by atoms with Crippen LogP contribution in [0, 0.1) is 13.8 Å². The van der Waals surface area contributed by atoms with E-state index in [9.17, 15) is 0 Å². The number of nitrogens with two attached hydrogens (primary N) is 1. The molecule has 0 amide bonds. The lowest BCUT2D eigenvalue weighted by Crippen LogP contribution is -1.98. The number of nitrogens with zero attached hydrogens (tertiary/aromatic N) is 1. The standard InChI is InChI=1S/C15H20N2S/c1-11-6-7-12(2)13(9-11)14-10-18-15(17-14)5-3-4-8-16/h6-7,9-10H,3-5,8,16H2,1-2H3. The zero-order chi connectivity index (χ0) is 13.0. The first-order valence-electron chi connectivity index (χ1n) is 6.43. The van der Waals surface area contributed by atoms with E-state index in [1.165, 1.54) is 21.7 Å². The number of aryl methyl sites for hydroxylation is 3. The molecule has 0 saturated heterocycles. The van der Waals surface area contributed by atoms with Crippen molar-refractivity contribution in [3.05, 3.63) is 39.7 Å². The fraction of sp³-hybridized carbons (Fsp3) is 0.400. The third-order valence-electron chi connectivity index (χ3n) is 3.07. The lowest BCUT2D eigenvalue weighted by atomic mass is 10.0. The number of rotatable bonds is 5. The Kier molecular flexibility index (Phi) is 4.50. The number of hydrogen-bond donors (Lipinski definition) is 1. The van der Waals surface area contributed by atoms with Crippen LogP contribution in [0.1, 0.15) is 29.0 Å². The minimum atomic E-state index is 0.773. The number of unbranched alkanes of at least 4 members (excludes halogenated alkanes) is 1. The third-order valence-corrected chi connectivity index (χ3v) is 3.97. The van der Waals surface area contributed by atoms with Gasteiger partial charge in [-0.1, -0.05) is 17.7 Å². The average molecular weight is 260 g/mol. The van der Waals surface area contributed by atoms with Crippen molar-refractivity contribution in [2.45, 2.75) is 33.1 Å². The zero-order valence-electron chi connectivity index (χ0n) is 11.1. The average Bonchev–Trinajstić information content (AvgIpc) is 2.81. The third kappa shape index (κ3) is 3.18. The first-order valence-corrected chi connectivity index (χ1v) is 7.31. The van der Waals surface area contributed by atoms with Gasteiger partial charge in [-0.3, -0.25) is 0 Å². The Morgan fingerprint density at radius 1 is 1.22 bits per heavy atom. The normalized spacial score (nSPS) is 10.8. The highest BCUT2D eigenvalue weighted by Crippen LogP contribution is 2.26. The maximum absolute atomic E-state index is 5.51. The number of hydrogen-bond acceptors (Lipinski definition) is 3. The van der Waals surface area contributed by atoms with Crippen molar-refractivity contribution in [2.24, 2.45) is 5.73 Å². The molecule has 96 valence electrons. The SMILES string of the molecule is Cc1ccc(C)c(-c2csc(CCCCN)n2)c1. The molecular weight excluding hydrogens is 240 g/mol. The van der Waals surface area contributed by atoms with Gasteiger partial charge in [0, 0.05) is 10.9 Å². The van der Waals surface area contributed by atoms with Crippen LogP contribution in [0.25, 0.3) is 11.3 Å². The summed E-state index contributed by atoms with van der Waals surface area (Å²) in [5.41, 5.74) is 10.5. The van der Waals surface area contributed by atoms with Crippen LogP contribution >= 0.6 is 11.3 Å². The Morgan fingerprint density at radius 2 is 2.06 bits per heavy atom. The molecule has 1 aromatic carbocycles. The van der Waals surface area contributed by atoms with E-state index < -0.39 is 0 Å². The van der Waals surface area contributed by atoms with Gasteiger partial charge < -0.3 is 5.73 Å². The number of thiazole rings is 1. The predicted octanol–water partition coefficient (Wildman–Crippen LogP) is 3.71. The van der Waals surface area contributed by atoms with E-state index in [0.29, 0.717) is 0 Å². The summed E-state index contributed by atoms with van der Waals surface area (Å²) in [4.78, 5) is 4.73. The van der Waals surface area contributed by atoms with Crippen LogP contribution < -0.4 is 5.73 Å². The molecule has 0 aliphatic rings. The summed E-state index contributed by atoms with van der Waals surface area (Å²) in [5.74, 6) is 0. The lowest BCUT2D eigenvalue weighted by molar-refractivity contribution is 0.742. The fourth-order valence-corrected chi connectivity index (χ4v) is 2.82. The molecule has 0 aliphatic carbocycles. The van der Waals surface area contributed by atoms with E-state index in [1.807, 2.05) is 0 Å². The van der Waals surface area contributed by atoms with E-state index in [4.69, 9.17) is 10.7 Å². The van der Waals surface area contributed by atoms with Crippen LogP contribution in [-0.2, 0) is 6.42 Å². The van der Waals surface area contributed by atoms with Gasteiger partial charge in [-0.25, -0.2) is 4.98 Å². The van der Waals surface area contributed by atoms with Crippen molar-refractivity contribution in [3.8, 4) is 11.3 Å². The van der Waals surface area contributed by atoms with Gasteiger partial charge in [0.05, 0.1) is 10.7 Å². The van der Waals surface area contributed by atoms with Gasteiger partial charge in [0.2, 0.25) is 0 Å². The van der Waals surface area contributed by atoms with E-state index in [-0.39, 0.29) is 0 Å². The van der Waals surface area contributed by atoms with E-state index in [1.54, 1.807) is 11.3 Å². The second-order valence-electron chi connectivity index (χ2n) is 4.69. The first kappa shape index (κ1) is 13.2. The largest absolute Gasteiger partial charge is 0.330 e. The highest BCUT2D eigenvalue weighted by atomic mass is 32.1. The molecule has 18 heavy (non-hydrogen) atoms. The molecule has 1 heterocycles. The second-order valence-corrected chi connectivity index (χ2v) is 5.63. The summed E-state index contributed by atoms with van der Waals surface area (Å²) < 4.78 is 0.